The molecule has 2 atom stereocenters. The zero-order chi connectivity index (χ0) is 17.7. The molecule has 0 spiro atoms. The van der Waals surface area contributed by atoms with Crippen molar-refractivity contribution in [1.29, 1.82) is 5.26 Å². The standard InChI is InChI=1S/C17H19N5O3/c1-16(6-7-16)15(23)24-9-17(8-18)5-4-13(25-17)11-2-3-12-14(19)20-10-21-22(11)12/h2-3,10,13H,4-7,9H2,1H3,(H2,19,20,21)/t13-,17-/m1/s1. The lowest BCUT2D eigenvalue weighted by molar-refractivity contribution is -0.156. The number of nitrogens with two attached hydrogens (primary N) is 1. The molecule has 2 N–H and O–H groups in total. The Morgan fingerprint density at radius 1 is 1.52 bits per heavy atom. The van der Waals surface area contributed by atoms with Gasteiger partial charge in [0, 0.05) is 0 Å². The third kappa shape index (κ3) is 2.61. The number of carbonyl (C=O) groups excluding carboxylic acids is 1. The second-order valence-electron chi connectivity index (χ2n) is 7.09. The number of aromatic nitrogens is 3. The van der Waals surface area contributed by atoms with Gasteiger partial charge in [-0.1, -0.05) is 0 Å². The highest BCUT2D eigenvalue weighted by Gasteiger charge is 2.49. The van der Waals surface area contributed by atoms with Crippen LogP contribution in [0.25, 0.3) is 5.52 Å². The molecule has 0 aromatic carbocycles. The Morgan fingerprint density at radius 3 is 3.04 bits per heavy atom. The van der Waals surface area contributed by atoms with Gasteiger partial charge < -0.3 is 15.2 Å². The van der Waals surface area contributed by atoms with Crippen molar-refractivity contribution in [2.75, 3.05) is 12.3 Å². The van der Waals surface area contributed by atoms with Crippen molar-refractivity contribution in [2.24, 2.45) is 5.41 Å². The molecule has 4 rings (SSSR count). The first-order valence-corrected chi connectivity index (χ1v) is 8.31. The van der Waals surface area contributed by atoms with Gasteiger partial charge in [-0.2, -0.15) is 10.4 Å². The molecule has 25 heavy (non-hydrogen) atoms. The lowest BCUT2D eigenvalue weighted by Crippen LogP contribution is -2.34. The fourth-order valence-corrected chi connectivity index (χ4v) is 3.15. The molecular formula is C17H19N5O3. The maximum Gasteiger partial charge on any atom is 0.311 e. The van der Waals surface area contributed by atoms with Gasteiger partial charge in [0.15, 0.2) is 11.4 Å². The molecular weight excluding hydrogens is 322 g/mol. The summed E-state index contributed by atoms with van der Waals surface area (Å²) in [4.78, 5) is 16.0. The first kappa shape index (κ1) is 15.8. The van der Waals surface area contributed by atoms with Crippen LogP contribution < -0.4 is 5.73 Å². The first-order valence-electron chi connectivity index (χ1n) is 8.31. The Kier molecular flexibility index (Phi) is 3.44. The molecule has 1 aliphatic carbocycles. The molecule has 2 fully saturated rings. The molecule has 2 aromatic heterocycles. The monoisotopic (exact) mass is 341 g/mol. The maximum atomic E-state index is 12.0. The molecule has 8 nitrogen and oxygen atoms in total. The summed E-state index contributed by atoms with van der Waals surface area (Å²) in [6.45, 7) is 1.83. The topological polar surface area (TPSA) is 116 Å². The van der Waals surface area contributed by atoms with Gasteiger partial charge in [-0.25, -0.2) is 9.50 Å². The Morgan fingerprint density at radius 2 is 2.32 bits per heavy atom. The Labute approximate surface area is 144 Å². The molecule has 130 valence electrons. The van der Waals surface area contributed by atoms with Gasteiger partial charge in [-0.05, 0) is 44.7 Å². The largest absolute Gasteiger partial charge is 0.461 e. The van der Waals surface area contributed by atoms with Gasteiger partial charge >= 0.3 is 5.97 Å². The normalized spacial score (nSPS) is 27.1. The number of fused-ring (bicyclic) bond motifs is 1. The van der Waals surface area contributed by atoms with Crippen molar-refractivity contribution in [3.8, 4) is 6.07 Å². The SMILES string of the molecule is CC1(C(=O)OC[C@]2(C#N)CC[C@H](c3ccc4c(N)ncnn34)O2)CC1. The highest BCUT2D eigenvalue weighted by atomic mass is 16.6. The van der Waals surface area contributed by atoms with E-state index >= 15 is 0 Å². The van der Waals surface area contributed by atoms with E-state index < -0.39 is 5.60 Å². The van der Waals surface area contributed by atoms with Gasteiger partial charge in [0.1, 0.15) is 30.6 Å². The van der Waals surface area contributed by atoms with Crippen LogP contribution in [0.5, 0.6) is 0 Å². The average Bonchev–Trinajstić information content (AvgIpc) is 3.05. The van der Waals surface area contributed by atoms with E-state index in [4.69, 9.17) is 15.2 Å². The van der Waals surface area contributed by atoms with Gasteiger partial charge in [0.25, 0.3) is 0 Å². The molecule has 0 unspecified atom stereocenters. The minimum Gasteiger partial charge on any atom is -0.461 e. The quantitative estimate of drug-likeness (QED) is 0.842. The lowest BCUT2D eigenvalue weighted by atomic mass is 10.0. The van der Waals surface area contributed by atoms with E-state index in [0.717, 1.165) is 18.5 Å². The van der Waals surface area contributed by atoms with Crippen LogP contribution >= 0.6 is 0 Å². The third-order valence-corrected chi connectivity index (χ3v) is 5.15. The summed E-state index contributed by atoms with van der Waals surface area (Å²) >= 11 is 0. The van der Waals surface area contributed by atoms with Crippen LogP contribution in [0.4, 0.5) is 5.82 Å². The van der Waals surface area contributed by atoms with Crippen LogP contribution in [0.2, 0.25) is 0 Å². The smallest absolute Gasteiger partial charge is 0.311 e. The van der Waals surface area contributed by atoms with Crippen molar-refractivity contribution >= 4 is 17.3 Å². The Bertz CT molecular complexity index is 882. The van der Waals surface area contributed by atoms with Crippen LogP contribution in [-0.2, 0) is 14.3 Å². The minimum atomic E-state index is -1.12. The fourth-order valence-electron chi connectivity index (χ4n) is 3.15. The van der Waals surface area contributed by atoms with Gasteiger partial charge in [-0.15, -0.1) is 0 Å². The summed E-state index contributed by atoms with van der Waals surface area (Å²) in [6, 6.07) is 5.89. The van der Waals surface area contributed by atoms with Crippen LogP contribution in [0.15, 0.2) is 18.5 Å². The number of nitriles is 1. The molecule has 1 aliphatic heterocycles. The molecule has 0 radical (unpaired) electrons. The summed E-state index contributed by atoms with van der Waals surface area (Å²) in [6.07, 6.45) is 3.88. The van der Waals surface area contributed by atoms with Gasteiger partial charge in [0.05, 0.1) is 11.1 Å². The van der Waals surface area contributed by atoms with E-state index in [1.165, 1.54) is 6.33 Å². The summed E-state index contributed by atoms with van der Waals surface area (Å²) in [5.41, 5.74) is 5.87. The van der Waals surface area contributed by atoms with Crippen LogP contribution in [0, 0.1) is 16.7 Å². The maximum absolute atomic E-state index is 12.0. The lowest BCUT2D eigenvalue weighted by Gasteiger charge is -2.22. The summed E-state index contributed by atoms with van der Waals surface area (Å²) in [7, 11) is 0. The van der Waals surface area contributed by atoms with Gasteiger partial charge in [-0.3, -0.25) is 4.79 Å². The molecule has 8 heteroatoms. The van der Waals surface area contributed by atoms with Crippen LogP contribution in [0.3, 0.4) is 0 Å². The number of rotatable bonds is 4. The second kappa shape index (κ2) is 5.43. The van der Waals surface area contributed by atoms with E-state index in [1.54, 1.807) is 4.52 Å². The van der Waals surface area contributed by atoms with Gasteiger partial charge in [0.2, 0.25) is 0 Å². The van der Waals surface area contributed by atoms with E-state index in [-0.39, 0.29) is 24.1 Å². The summed E-state index contributed by atoms with van der Waals surface area (Å²) < 4.78 is 13.1. The molecule has 2 aliphatic rings. The number of ether oxygens (including phenoxy) is 2. The average molecular weight is 341 g/mol. The predicted molar refractivity (Wildman–Crippen MR) is 87.1 cm³/mol. The Balaban J connectivity index is 1.51. The van der Waals surface area contributed by atoms with E-state index in [1.807, 2.05) is 19.1 Å². The van der Waals surface area contributed by atoms with Crippen molar-refractivity contribution < 1.29 is 14.3 Å². The zero-order valence-corrected chi connectivity index (χ0v) is 13.9. The number of hydrogen-bond acceptors (Lipinski definition) is 7. The number of nitrogen functional groups attached to an aromatic ring is 1. The Hall–Kier alpha value is -2.66. The second-order valence-corrected chi connectivity index (χ2v) is 7.09. The van der Waals surface area contributed by atoms with Crippen molar-refractivity contribution in [2.45, 2.75) is 44.3 Å². The predicted octanol–water partition coefficient (Wildman–Crippen LogP) is 1.77. The number of carbonyl (C=O) groups is 1. The number of nitrogens with zero attached hydrogens (tertiary/aromatic N) is 4. The van der Waals surface area contributed by atoms with E-state index in [2.05, 4.69) is 16.2 Å². The van der Waals surface area contributed by atoms with E-state index in [0.29, 0.717) is 24.2 Å². The number of esters is 1. The molecule has 0 amide bonds. The summed E-state index contributed by atoms with van der Waals surface area (Å²) in [5.74, 6) is 0.139. The van der Waals surface area contributed by atoms with Crippen LogP contribution in [-0.4, -0.2) is 32.8 Å². The molecule has 2 aromatic rings. The van der Waals surface area contributed by atoms with Crippen molar-refractivity contribution in [1.82, 2.24) is 14.6 Å². The van der Waals surface area contributed by atoms with E-state index in [9.17, 15) is 10.1 Å². The number of anilines is 1. The molecule has 1 saturated carbocycles. The first-order chi connectivity index (χ1) is 12.0. The molecule has 1 saturated heterocycles. The summed E-state index contributed by atoms with van der Waals surface area (Å²) in [5, 5.41) is 13.8. The molecule has 3 heterocycles. The van der Waals surface area contributed by atoms with Crippen LogP contribution in [0.1, 0.15) is 44.4 Å². The third-order valence-electron chi connectivity index (χ3n) is 5.15. The molecule has 0 bridgehead atoms. The minimum absolute atomic E-state index is 0.0468. The zero-order valence-electron chi connectivity index (χ0n) is 13.9. The van der Waals surface area contributed by atoms with Crippen molar-refractivity contribution in [3.05, 3.63) is 24.2 Å². The van der Waals surface area contributed by atoms with Crippen molar-refractivity contribution in [3.63, 3.8) is 0 Å². The fraction of sp³-hybridized carbons (Fsp3) is 0.529. The highest BCUT2D eigenvalue weighted by Crippen LogP contribution is 2.47. The number of hydrogen-bond donors (Lipinski definition) is 1. The highest BCUT2D eigenvalue weighted by molar-refractivity contribution is 5.79.